The molecule has 0 unspecified atom stereocenters. The van der Waals surface area contributed by atoms with Gasteiger partial charge in [0.25, 0.3) is 0 Å². The minimum atomic E-state index is -0.518. The molecule has 2 rings (SSSR count). The van der Waals surface area contributed by atoms with Gasteiger partial charge in [-0.2, -0.15) is 0 Å². The van der Waals surface area contributed by atoms with E-state index in [4.69, 9.17) is 0 Å². The van der Waals surface area contributed by atoms with Crippen LogP contribution in [0.1, 0.15) is 37.3 Å². The second-order valence-corrected chi connectivity index (χ2v) is 5.27. The summed E-state index contributed by atoms with van der Waals surface area (Å²) < 4.78 is 0. The molecule has 1 aliphatic heterocycles. The zero-order valence-electron chi connectivity index (χ0n) is 12.2. The molecule has 0 atom stereocenters. The van der Waals surface area contributed by atoms with Gasteiger partial charge < -0.3 is 10.2 Å². The summed E-state index contributed by atoms with van der Waals surface area (Å²) in [7, 11) is 0. The second kappa shape index (κ2) is 6.55. The van der Waals surface area contributed by atoms with Crippen LogP contribution in [0.5, 0.6) is 0 Å². The van der Waals surface area contributed by atoms with Gasteiger partial charge in [0.15, 0.2) is 0 Å². The minimum absolute atomic E-state index is 0.407. The molecule has 1 N–H and O–H groups in total. The third-order valence-corrected chi connectivity index (χ3v) is 3.82. The van der Waals surface area contributed by atoms with Crippen molar-refractivity contribution in [2.75, 3.05) is 18.4 Å². The third-order valence-electron chi connectivity index (χ3n) is 3.82. The minimum Gasteiger partial charge on any atom is -0.334 e. The molecule has 0 radical (unpaired) electrons. The van der Waals surface area contributed by atoms with Gasteiger partial charge in [-0.05, 0) is 43.7 Å². The van der Waals surface area contributed by atoms with Crippen LogP contribution in [0.4, 0.5) is 5.69 Å². The average Bonchev–Trinajstić information content (AvgIpc) is 2.49. The molecule has 1 fully saturated rings. The fourth-order valence-corrected chi connectivity index (χ4v) is 2.61. The number of para-hydroxylation sites is 1. The molecule has 4 nitrogen and oxygen atoms in total. The van der Waals surface area contributed by atoms with E-state index in [0.29, 0.717) is 13.1 Å². The van der Waals surface area contributed by atoms with Gasteiger partial charge in [0.05, 0.1) is 0 Å². The number of aryl methyl sites for hydroxylation is 2. The van der Waals surface area contributed by atoms with Gasteiger partial charge in [-0.3, -0.25) is 9.59 Å². The first-order valence-electron chi connectivity index (χ1n) is 7.32. The normalized spacial score (nSPS) is 15.0. The van der Waals surface area contributed by atoms with Crippen LogP contribution >= 0.6 is 0 Å². The Balaban J connectivity index is 2.09. The Morgan fingerprint density at radius 3 is 2.55 bits per heavy atom. The lowest BCUT2D eigenvalue weighted by atomic mass is 10.1. The van der Waals surface area contributed by atoms with Crippen molar-refractivity contribution >= 4 is 17.5 Å². The number of anilines is 1. The van der Waals surface area contributed by atoms with Crippen molar-refractivity contribution in [3.05, 3.63) is 29.3 Å². The number of hydrogen-bond acceptors (Lipinski definition) is 2. The van der Waals surface area contributed by atoms with E-state index >= 15 is 0 Å². The van der Waals surface area contributed by atoms with Crippen LogP contribution in [-0.2, 0) is 16.0 Å². The number of rotatable bonds is 2. The van der Waals surface area contributed by atoms with Gasteiger partial charge in [0.2, 0.25) is 0 Å². The van der Waals surface area contributed by atoms with Crippen molar-refractivity contribution in [2.24, 2.45) is 0 Å². The van der Waals surface area contributed by atoms with Gasteiger partial charge >= 0.3 is 11.8 Å². The number of piperidine rings is 1. The van der Waals surface area contributed by atoms with E-state index in [1.54, 1.807) is 4.90 Å². The van der Waals surface area contributed by atoms with E-state index in [1.165, 1.54) is 0 Å². The van der Waals surface area contributed by atoms with Gasteiger partial charge in [0, 0.05) is 18.8 Å². The SMILES string of the molecule is CCc1cccc(C)c1NC(=O)C(=O)N1CCCCC1. The number of carbonyl (C=O) groups excluding carboxylic acids is 2. The average molecular weight is 274 g/mol. The summed E-state index contributed by atoms with van der Waals surface area (Å²) in [5.74, 6) is -0.925. The lowest BCUT2D eigenvalue weighted by Crippen LogP contribution is -2.42. The Morgan fingerprint density at radius 2 is 1.90 bits per heavy atom. The molecule has 0 aromatic heterocycles. The van der Waals surface area contributed by atoms with Crippen molar-refractivity contribution in [1.29, 1.82) is 0 Å². The summed E-state index contributed by atoms with van der Waals surface area (Å²) in [6.45, 7) is 5.37. The molecule has 1 heterocycles. The first kappa shape index (κ1) is 14.6. The number of amides is 2. The van der Waals surface area contributed by atoms with E-state index < -0.39 is 11.8 Å². The van der Waals surface area contributed by atoms with E-state index in [0.717, 1.165) is 42.5 Å². The van der Waals surface area contributed by atoms with E-state index in [2.05, 4.69) is 5.32 Å². The summed E-state index contributed by atoms with van der Waals surface area (Å²) >= 11 is 0. The molecule has 1 aromatic rings. The molecule has 2 amide bonds. The van der Waals surface area contributed by atoms with E-state index in [9.17, 15) is 9.59 Å². The van der Waals surface area contributed by atoms with Crippen LogP contribution in [0.3, 0.4) is 0 Å². The summed E-state index contributed by atoms with van der Waals surface area (Å²) in [4.78, 5) is 25.9. The van der Waals surface area contributed by atoms with Gasteiger partial charge in [0.1, 0.15) is 0 Å². The van der Waals surface area contributed by atoms with E-state index in [-0.39, 0.29) is 0 Å². The molecule has 0 bridgehead atoms. The summed E-state index contributed by atoms with van der Waals surface area (Å²) in [6.07, 6.45) is 3.95. The smallest absolute Gasteiger partial charge is 0.313 e. The lowest BCUT2D eigenvalue weighted by molar-refractivity contribution is -0.143. The Bertz CT molecular complexity index is 505. The quantitative estimate of drug-likeness (QED) is 0.842. The van der Waals surface area contributed by atoms with Crippen LogP contribution in [-0.4, -0.2) is 29.8 Å². The largest absolute Gasteiger partial charge is 0.334 e. The highest BCUT2D eigenvalue weighted by Gasteiger charge is 2.24. The molecule has 1 saturated heterocycles. The van der Waals surface area contributed by atoms with Crippen LogP contribution in [0, 0.1) is 6.92 Å². The fraction of sp³-hybridized carbons (Fsp3) is 0.500. The zero-order valence-corrected chi connectivity index (χ0v) is 12.2. The van der Waals surface area contributed by atoms with Crippen molar-refractivity contribution < 1.29 is 9.59 Å². The molecule has 1 aliphatic rings. The monoisotopic (exact) mass is 274 g/mol. The molecule has 4 heteroatoms. The van der Waals surface area contributed by atoms with Gasteiger partial charge in [-0.1, -0.05) is 25.1 Å². The molecular weight excluding hydrogens is 252 g/mol. The predicted molar refractivity (Wildman–Crippen MR) is 79.6 cm³/mol. The lowest BCUT2D eigenvalue weighted by Gasteiger charge is -2.26. The van der Waals surface area contributed by atoms with Crippen LogP contribution in [0.15, 0.2) is 18.2 Å². The number of likely N-dealkylation sites (tertiary alicyclic amines) is 1. The molecule has 20 heavy (non-hydrogen) atoms. The van der Waals surface area contributed by atoms with E-state index in [1.807, 2.05) is 32.0 Å². The molecule has 0 spiro atoms. The summed E-state index contributed by atoms with van der Waals surface area (Å²) in [6, 6.07) is 5.89. The van der Waals surface area contributed by atoms with Crippen LogP contribution < -0.4 is 5.32 Å². The first-order valence-corrected chi connectivity index (χ1v) is 7.32. The highest BCUT2D eigenvalue weighted by atomic mass is 16.2. The molecule has 1 aromatic carbocycles. The maximum Gasteiger partial charge on any atom is 0.313 e. The number of carbonyl (C=O) groups is 2. The Morgan fingerprint density at radius 1 is 1.20 bits per heavy atom. The maximum atomic E-state index is 12.1. The third kappa shape index (κ3) is 3.18. The highest BCUT2D eigenvalue weighted by Crippen LogP contribution is 2.21. The van der Waals surface area contributed by atoms with Gasteiger partial charge in [-0.25, -0.2) is 0 Å². The molecular formula is C16H22N2O2. The summed E-state index contributed by atoms with van der Waals surface area (Å²) in [5.41, 5.74) is 2.83. The zero-order chi connectivity index (χ0) is 14.5. The fourth-order valence-electron chi connectivity index (χ4n) is 2.61. The van der Waals surface area contributed by atoms with Crippen molar-refractivity contribution in [2.45, 2.75) is 39.5 Å². The standard InChI is InChI=1S/C16H22N2O2/c1-3-13-9-7-8-12(2)14(13)17-15(19)16(20)18-10-5-4-6-11-18/h7-9H,3-6,10-11H2,1-2H3,(H,17,19). The second-order valence-electron chi connectivity index (χ2n) is 5.27. The van der Waals surface area contributed by atoms with Crippen molar-refractivity contribution in [3.63, 3.8) is 0 Å². The summed E-state index contributed by atoms with van der Waals surface area (Å²) in [5, 5.41) is 2.80. The molecule has 0 aliphatic carbocycles. The number of nitrogens with one attached hydrogen (secondary N) is 1. The van der Waals surface area contributed by atoms with Gasteiger partial charge in [-0.15, -0.1) is 0 Å². The topological polar surface area (TPSA) is 49.4 Å². The number of benzene rings is 1. The Kier molecular flexibility index (Phi) is 4.77. The Labute approximate surface area is 120 Å². The number of nitrogens with zero attached hydrogens (tertiary/aromatic N) is 1. The van der Waals surface area contributed by atoms with Crippen molar-refractivity contribution in [3.8, 4) is 0 Å². The predicted octanol–water partition coefficient (Wildman–Crippen LogP) is 2.51. The first-order chi connectivity index (χ1) is 9.63. The molecule has 108 valence electrons. The number of hydrogen-bond donors (Lipinski definition) is 1. The Hall–Kier alpha value is -1.84. The molecule has 0 saturated carbocycles. The van der Waals surface area contributed by atoms with Crippen molar-refractivity contribution in [1.82, 2.24) is 4.90 Å². The van der Waals surface area contributed by atoms with Crippen LogP contribution in [0.25, 0.3) is 0 Å². The van der Waals surface area contributed by atoms with Crippen LogP contribution in [0.2, 0.25) is 0 Å². The maximum absolute atomic E-state index is 12.1. The highest BCUT2D eigenvalue weighted by molar-refractivity contribution is 6.39.